The summed E-state index contributed by atoms with van der Waals surface area (Å²) >= 11 is 0. The first kappa shape index (κ1) is 14.0. The molecule has 2 aliphatic rings. The third-order valence-electron chi connectivity index (χ3n) is 3.76. The first-order valence-electron chi connectivity index (χ1n) is 6.73. The molecule has 0 aromatic carbocycles. The average molecular weight is 267 g/mol. The van der Waals surface area contributed by atoms with Gasteiger partial charge in [-0.2, -0.15) is 0 Å². The van der Waals surface area contributed by atoms with E-state index in [1.165, 1.54) is 0 Å². The van der Waals surface area contributed by atoms with Crippen LogP contribution in [0.3, 0.4) is 0 Å². The predicted octanol–water partition coefficient (Wildman–Crippen LogP) is -0.491. The Morgan fingerprint density at radius 1 is 1.21 bits per heavy atom. The Hall–Kier alpha value is -1.40. The van der Waals surface area contributed by atoms with Gasteiger partial charge in [0.2, 0.25) is 5.91 Å². The highest BCUT2D eigenvalue weighted by atomic mass is 16.4. The van der Waals surface area contributed by atoms with E-state index >= 15 is 0 Å². The highest BCUT2D eigenvalue weighted by Crippen LogP contribution is 2.19. The van der Waals surface area contributed by atoms with Gasteiger partial charge < -0.3 is 15.7 Å². The molecule has 0 aromatic rings. The molecule has 2 unspecified atom stereocenters. The van der Waals surface area contributed by atoms with Crippen LogP contribution in [-0.4, -0.2) is 65.5 Å². The minimum absolute atomic E-state index is 0.00538. The van der Waals surface area contributed by atoms with Gasteiger partial charge in [0.25, 0.3) is 0 Å². The lowest BCUT2D eigenvalue weighted by Gasteiger charge is -2.35. The maximum atomic E-state index is 12.2. The van der Waals surface area contributed by atoms with E-state index in [0.29, 0.717) is 26.1 Å². The van der Waals surface area contributed by atoms with Gasteiger partial charge in [0.15, 0.2) is 0 Å². The number of aliphatic carboxylic acids is 1. The van der Waals surface area contributed by atoms with Crippen LogP contribution in [0.2, 0.25) is 0 Å². The van der Waals surface area contributed by atoms with E-state index in [2.05, 4.69) is 4.90 Å². The second-order valence-electron chi connectivity index (χ2n) is 5.20. The zero-order valence-electron chi connectivity index (χ0n) is 11.0. The molecule has 1 amide bonds. The third kappa shape index (κ3) is 3.78. The lowest BCUT2D eigenvalue weighted by Crippen LogP contribution is -2.50. The Balaban J connectivity index is 1.75. The number of carbonyl (C=O) groups is 2. The van der Waals surface area contributed by atoms with Crippen molar-refractivity contribution in [2.24, 2.45) is 11.7 Å². The van der Waals surface area contributed by atoms with E-state index in [-0.39, 0.29) is 24.3 Å². The molecule has 0 aromatic heterocycles. The number of carboxylic acids is 1. The van der Waals surface area contributed by atoms with Crippen molar-refractivity contribution in [3.63, 3.8) is 0 Å². The number of nitrogens with zero attached hydrogens (tertiary/aromatic N) is 2. The highest BCUT2D eigenvalue weighted by molar-refractivity contribution is 5.81. The summed E-state index contributed by atoms with van der Waals surface area (Å²) in [5.74, 6) is -0.689. The van der Waals surface area contributed by atoms with Crippen LogP contribution in [0.4, 0.5) is 0 Å². The molecule has 1 aliphatic heterocycles. The van der Waals surface area contributed by atoms with Crippen molar-refractivity contribution in [2.45, 2.75) is 18.9 Å². The molecule has 0 saturated carbocycles. The standard InChI is InChI=1S/C13H21N3O3/c14-11-2-1-10(9-11)13(19)16-7-5-15(6-8-16)4-3-12(17)18/h1-2,10-11H,3-9,14H2,(H,17,18). The third-order valence-corrected chi connectivity index (χ3v) is 3.76. The number of hydrogen-bond donors (Lipinski definition) is 2. The van der Waals surface area contributed by atoms with Gasteiger partial charge >= 0.3 is 5.97 Å². The van der Waals surface area contributed by atoms with Gasteiger partial charge in [0, 0.05) is 38.8 Å². The number of nitrogens with two attached hydrogens (primary N) is 1. The highest BCUT2D eigenvalue weighted by Gasteiger charge is 2.29. The first-order chi connectivity index (χ1) is 9.06. The quantitative estimate of drug-likeness (QED) is 0.671. The second kappa shape index (κ2) is 6.16. The molecule has 0 spiro atoms. The van der Waals surface area contributed by atoms with Crippen LogP contribution < -0.4 is 5.73 Å². The summed E-state index contributed by atoms with van der Waals surface area (Å²) in [6.07, 6.45) is 4.67. The monoisotopic (exact) mass is 267 g/mol. The van der Waals surface area contributed by atoms with E-state index in [1.54, 1.807) is 0 Å². The van der Waals surface area contributed by atoms with Gasteiger partial charge in [0.1, 0.15) is 0 Å². The van der Waals surface area contributed by atoms with E-state index < -0.39 is 5.97 Å². The predicted molar refractivity (Wildman–Crippen MR) is 70.5 cm³/mol. The summed E-state index contributed by atoms with van der Waals surface area (Å²) < 4.78 is 0. The van der Waals surface area contributed by atoms with Crippen LogP contribution in [0.1, 0.15) is 12.8 Å². The van der Waals surface area contributed by atoms with Gasteiger partial charge in [0.05, 0.1) is 12.3 Å². The fourth-order valence-electron chi connectivity index (χ4n) is 2.59. The second-order valence-corrected chi connectivity index (χ2v) is 5.20. The molecule has 6 nitrogen and oxygen atoms in total. The molecule has 106 valence electrons. The molecular weight excluding hydrogens is 246 g/mol. The Morgan fingerprint density at radius 3 is 2.42 bits per heavy atom. The molecule has 1 fully saturated rings. The maximum Gasteiger partial charge on any atom is 0.304 e. The summed E-state index contributed by atoms with van der Waals surface area (Å²) in [5, 5.41) is 8.64. The SMILES string of the molecule is NC1C=CC(C(=O)N2CCN(CCC(=O)O)CC2)C1. The number of carboxylic acid groups (broad SMARTS) is 1. The van der Waals surface area contributed by atoms with Crippen LogP contribution >= 0.6 is 0 Å². The van der Waals surface area contributed by atoms with Crippen molar-refractivity contribution in [3.8, 4) is 0 Å². The molecule has 1 heterocycles. The molecular formula is C13H21N3O3. The fraction of sp³-hybridized carbons (Fsp3) is 0.692. The van der Waals surface area contributed by atoms with E-state index in [4.69, 9.17) is 10.8 Å². The Bertz CT molecular complexity index is 375. The van der Waals surface area contributed by atoms with Crippen LogP contribution in [0.15, 0.2) is 12.2 Å². The zero-order chi connectivity index (χ0) is 13.8. The van der Waals surface area contributed by atoms with E-state index in [0.717, 1.165) is 13.1 Å². The number of rotatable bonds is 4. The van der Waals surface area contributed by atoms with Crippen molar-refractivity contribution in [2.75, 3.05) is 32.7 Å². The van der Waals surface area contributed by atoms with Crippen molar-refractivity contribution in [3.05, 3.63) is 12.2 Å². The lowest BCUT2D eigenvalue weighted by molar-refractivity contribution is -0.139. The van der Waals surface area contributed by atoms with Gasteiger partial charge in [-0.15, -0.1) is 0 Å². The Kier molecular flexibility index (Phi) is 4.55. The van der Waals surface area contributed by atoms with Crippen LogP contribution in [0.5, 0.6) is 0 Å². The number of amides is 1. The smallest absolute Gasteiger partial charge is 0.304 e. The lowest BCUT2D eigenvalue weighted by atomic mass is 10.1. The molecule has 0 radical (unpaired) electrons. The normalized spacial score (nSPS) is 27.7. The van der Waals surface area contributed by atoms with Crippen molar-refractivity contribution < 1.29 is 14.7 Å². The number of carbonyl (C=O) groups excluding carboxylic acids is 1. The average Bonchev–Trinajstić information content (AvgIpc) is 2.83. The number of piperazine rings is 1. The Morgan fingerprint density at radius 2 is 1.89 bits per heavy atom. The molecule has 0 bridgehead atoms. The van der Waals surface area contributed by atoms with Gasteiger partial charge in [-0.1, -0.05) is 12.2 Å². The summed E-state index contributed by atoms with van der Waals surface area (Å²) in [4.78, 5) is 26.7. The topological polar surface area (TPSA) is 86.9 Å². The number of hydrogen-bond acceptors (Lipinski definition) is 4. The maximum absolute atomic E-state index is 12.2. The fourth-order valence-corrected chi connectivity index (χ4v) is 2.59. The van der Waals surface area contributed by atoms with Crippen LogP contribution in [0.25, 0.3) is 0 Å². The minimum atomic E-state index is -0.774. The van der Waals surface area contributed by atoms with Crippen molar-refractivity contribution >= 4 is 11.9 Å². The zero-order valence-corrected chi connectivity index (χ0v) is 11.0. The van der Waals surface area contributed by atoms with Gasteiger partial charge in [-0.05, 0) is 6.42 Å². The Labute approximate surface area is 112 Å². The molecule has 3 N–H and O–H groups in total. The minimum Gasteiger partial charge on any atom is -0.481 e. The van der Waals surface area contributed by atoms with E-state index in [1.807, 2.05) is 17.1 Å². The summed E-state index contributed by atoms with van der Waals surface area (Å²) in [6.45, 7) is 3.42. The van der Waals surface area contributed by atoms with Crippen molar-refractivity contribution in [1.82, 2.24) is 9.80 Å². The van der Waals surface area contributed by atoms with Crippen LogP contribution in [-0.2, 0) is 9.59 Å². The molecule has 19 heavy (non-hydrogen) atoms. The molecule has 1 aliphatic carbocycles. The largest absolute Gasteiger partial charge is 0.481 e. The molecule has 6 heteroatoms. The summed E-state index contributed by atoms with van der Waals surface area (Å²) in [5.41, 5.74) is 5.76. The molecule has 1 saturated heterocycles. The van der Waals surface area contributed by atoms with Gasteiger partial charge in [-0.3, -0.25) is 14.5 Å². The van der Waals surface area contributed by atoms with Crippen molar-refractivity contribution in [1.29, 1.82) is 0 Å². The van der Waals surface area contributed by atoms with E-state index in [9.17, 15) is 9.59 Å². The summed E-state index contributed by atoms with van der Waals surface area (Å²) in [7, 11) is 0. The van der Waals surface area contributed by atoms with Crippen LogP contribution in [0, 0.1) is 5.92 Å². The van der Waals surface area contributed by atoms with Gasteiger partial charge in [-0.25, -0.2) is 0 Å². The molecule has 2 atom stereocenters. The molecule has 2 rings (SSSR count). The summed E-state index contributed by atoms with van der Waals surface area (Å²) in [6, 6.07) is 0.00538. The first-order valence-corrected chi connectivity index (χ1v) is 6.73.